The molecular weight excluding hydrogens is 318 g/mol. The zero-order valence-corrected chi connectivity index (χ0v) is 14.3. The first-order valence-corrected chi connectivity index (χ1v) is 7.96. The summed E-state index contributed by atoms with van der Waals surface area (Å²) in [5.41, 5.74) is 0. The Morgan fingerprint density at radius 2 is 2.00 bits per heavy atom. The van der Waals surface area contributed by atoms with Gasteiger partial charge in [-0.3, -0.25) is 9.59 Å². The molecule has 0 saturated carbocycles. The van der Waals surface area contributed by atoms with Crippen molar-refractivity contribution in [3.63, 3.8) is 0 Å². The topological polar surface area (TPSA) is 83.4 Å². The smallest absolute Gasteiger partial charge is 0.287 e. The number of amides is 2. The second-order valence-electron chi connectivity index (χ2n) is 5.85. The van der Waals surface area contributed by atoms with Gasteiger partial charge in [-0.15, -0.1) is 12.4 Å². The van der Waals surface area contributed by atoms with Crippen molar-refractivity contribution in [2.24, 2.45) is 11.8 Å². The van der Waals surface area contributed by atoms with Gasteiger partial charge in [0.1, 0.15) is 0 Å². The van der Waals surface area contributed by atoms with Gasteiger partial charge in [0.15, 0.2) is 5.76 Å². The Hall–Kier alpha value is -1.53. The van der Waals surface area contributed by atoms with Crippen molar-refractivity contribution in [2.75, 3.05) is 26.2 Å². The van der Waals surface area contributed by atoms with Crippen LogP contribution in [0, 0.1) is 11.8 Å². The summed E-state index contributed by atoms with van der Waals surface area (Å²) in [7, 11) is 0. The molecule has 0 aromatic carbocycles. The van der Waals surface area contributed by atoms with Crippen LogP contribution in [-0.4, -0.2) is 38.0 Å². The van der Waals surface area contributed by atoms with Gasteiger partial charge in [-0.2, -0.15) is 0 Å². The zero-order chi connectivity index (χ0) is 15.8. The van der Waals surface area contributed by atoms with E-state index in [9.17, 15) is 9.59 Å². The molecule has 0 spiro atoms. The predicted molar refractivity (Wildman–Crippen MR) is 90.7 cm³/mol. The van der Waals surface area contributed by atoms with Crippen LogP contribution in [0.15, 0.2) is 22.8 Å². The maximum Gasteiger partial charge on any atom is 0.287 e. The third-order valence-corrected chi connectivity index (χ3v) is 4.17. The lowest BCUT2D eigenvalue weighted by Gasteiger charge is -2.27. The molecule has 1 unspecified atom stereocenters. The number of hydrogen-bond donors (Lipinski definition) is 3. The maximum atomic E-state index is 11.9. The molecule has 1 aromatic heterocycles. The highest BCUT2D eigenvalue weighted by atomic mass is 35.5. The highest BCUT2D eigenvalue weighted by Crippen LogP contribution is 2.23. The predicted octanol–water partition coefficient (Wildman–Crippen LogP) is 1.57. The van der Waals surface area contributed by atoms with Gasteiger partial charge in [0.25, 0.3) is 5.91 Å². The Bertz CT molecular complexity index is 473. The van der Waals surface area contributed by atoms with Gasteiger partial charge in [-0.25, -0.2) is 0 Å². The molecular formula is C16H26ClN3O3. The lowest BCUT2D eigenvalue weighted by Crippen LogP contribution is -2.36. The highest BCUT2D eigenvalue weighted by Gasteiger charge is 2.21. The van der Waals surface area contributed by atoms with E-state index in [1.165, 1.54) is 6.26 Å². The molecule has 1 saturated heterocycles. The van der Waals surface area contributed by atoms with Gasteiger partial charge in [0.05, 0.1) is 6.26 Å². The largest absolute Gasteiger partial charge is 0.459 e. The van der Waals surface area contributed by atoms with Gasteiger partial charge in [-0.1, -0.05) is 6.92 Å². The average molecular weight is 344 g/mol. The average Bonchev–Trinajstić information content (AvgIpc) is 3.06. The minimum Gasteiger partial charge on any atom is -0.459 e. The molecule has 6 nitrogen and oxygen atoms in total. The summed E-state index contributed by atoms with van der Waals surface area (Å²) in [5, 5.41) is 8.89. The van der Waals surface area contributed by atoms with Crippen molar-refractivity contribution in [2.45, 2.75) is 26.2 Å². The van der Waals surface area contributed by atoms with E-state index in [-0.39, 0.29) is 30.0 Å². The van der Waals surface area contributed by atoms with Crippen LogP contribution in [0.1, 0.15) is 36.7 Å². The summed E-state index contributed by atoms with van der Waals surface area (Å²) in [6.07, 6.45) is 4.30. The molecule has 3 N–H and O–H groups in total. The van der Waals surface area contributed by atoms with Gasteiger partial charge in [0.2, 0.25) is 5.91 Å². The molecule has 130 valence electrons. The molecule has 1 atom stereocenters. The summed E-state index contributed by atoms with van der Waals surface area (Å²) in [5.74, 6) is 1.11. The van der Waals surface area contributed by atoms with Crippen LogP contribution in [0.25, 0.3) is 0 Å². The van der Waals surface area contributed by atoms with Crippen molar-refractivity contribution in [3.05, 3.63) is 24.2 Å². The molecule has 1 aliphatic rings. The maximum absolute atomic E-state index is 11.9. The lowest BCUT2D eigenvalue weighted by molar-refractivity contribution is -0.122. The molecule has 2 heterocycles. The molecule has 7 heteroatoms. The summed E-state index contributed by atoms with van der Waals surface area (Å²) >= 11 is 0. The Balaban J connectivity index is 0.00000264. The van der Waals surface area contributed by atoms with E-state index in [1.54, 1.807) is 12.1 Å². The number of hydrogen-bond acceptors (Lipinski definition) is 4. The number of piperidine rings is 1. The number of furan rings is 1. The molecule has 2 rings (SSSR count). The molecule has 2 amide bonds. The van der Waals surface area contributed by atoms with Gasteiger partial charge in [-0.05, 0) is 49.9 Å². The van der Waals surface area contributed by atoms with Crippen LogP contribution in [0.3, 0.4) is 0 Å². The Kier molecular flexibility index (Phi) is 8.73. The van der Waals surface area contributed by atoms with Crippen LogP contribution in [0.2, 0.25) is 0 Å². The van der Waals surface area contributed by atoms with Gasteiger partial charge in [0, 0.05) is 19.5 Å². The first-order chi connectivity index (χ1) is 10.7. The number of carbonyl (C=O) groups excluding carboxylic acids is 2. The summed E-state index contributed by atoms with van der Waals surface area (Å²) in [6.45, 7) is 5.08. The standard InChI is InChI=1S/C16H25N3O3.ClH/c1-12(13-4-6-17-7-5-13)11-15(20)18-8-9-19-16(21)14-3-2-10-22-14;/h2-3,10,12-13,17H,4-9,11H2,1H3,(H,18,20)(H,19,21);1H. The van der Waals surface area contributed by atoms with Crippen molar-refractivity contribution < 1.29 is 14.0 Å². The number of rotatable bonds is 7. The molecule has 1 fully saturated rings. The Morgan fingerprint density at radius 1 is 1.30 bits per heavy atom. The fraction of sp³-hybridized carbons (Fsp3) is 0.625. The summed E-state index contributed by atoms with van der Waals surface area (Å²) < 4.78 is 4.99. The molecule has 1 aromatic rings. The molecule has 23 heavy (non-hydrogen) atoms. The van der Waals surface area contributed by atoms with Crippen molar-refractivity contribution in [1.29, 1.82) is 0 Å². The van der Waals surface area contributed by atoms with Crippen molar-refractivity contribution in [3.8, 4) is 0 Å². The minimum atomic E-state index is -0.262. The van der Waals surface area contributed by atoms with E-state index in [0.29, 0.717) is 31.3 Å². The Labute approximate surface area is 143 Å². The van der Waals surface area contributed by atoms with Crippen LogP contribution < -0.4 is 16.0 Å². The zero-order valence-electron chi connectivity index (χ0n) is 13.5. The first-order valence-electron chi connectivity index (χ1n) is 7.96. The number of halogens is 1. The fourth-order valence-electron chi connectivity index (χ4n) is 2.82. The van der Waals surface area contributed by atoms with Crippen molar-refractivity contribution in [1.82, 2.24) is 16.0 Å². The van der Waals surface area contributed by atoms with Gasteiger partial charge >= 0.3 is 0 Å². The fourth-order valence-corrected chi connectivity index (χ4v) is 2.82. The minimum absolute atomic E-state index is 0. The van der Waals surface area contributed by atoms with E-state index in [0.717, 1.165) is 25.9 Å². The normalized spacial score (nSPS) is 16.2. The SMILES string of the molecule is CC(CC(=O)NCCNC(=O)c1ccco1)C1CCNCC1.Cl. The summed E-state index contributed by atoms with van der Waals surface area (Å²) in [4.78, 5) is 23.5. The van der Waals surface area contributed by atoms with E-state index in [4.69, 9.17) is 4.42 Å². The van der Waals surface area contributed by atoms with E-state index in [1.807, 2.05) is 0 Å². The van der Waals surface area contributed by atoms with Crippen LogP contribution in [-0.2, 0) is 4.79 Å². The molecule has 0 bridgehead atoms. The third kappa shape index (κ3) is 6.62. The number of nitrogens with one attached hydrogen (secondary N) is 3. The first kappa shape index (κ1) is 19.5. The molecule has 0 aliphatic carbocycles. The lowest BCUT2D eigenvalue weighted by atomic mass is 9.84. The van der Waals surface area contributed by atoms with E-state index >= 15 is 0 Å². The quantitative estimate of drug-likeness (QED) is 0.656. The second kappa shape index (κ2) is 10.3. The molecule has 0 radical (unpaired) electrons. The van der Waals surface area contributed by atoms with Gasteiger partial charge < -0.3 is 20.4 Å². The highest BCUT2D eigenvalue weighted by molar-refractivity contribution is 5.91. The second-order valence-corrected chi connectivity index (χ2v) is 5.85. The monoisotopic (exact) mass is 343 g/mol. The third-order valence-electron chi connectivity index (χ3n) is 4.17. The van der Waals surface area contributed by atoms with E-state index < -0.39 is 0 Å². The van der Waals surface area contributed by atoms with Crippen molar-refractivity contribution >= 4 is 24.2 Å². The van der Waals surface area contributed by atoms with Crippen LogP contribution >= 0.6 is 12.4 Å². The Morgan fingerprint density at radius 3 is 2.65 bits per heavy atom. The summed E-state index contributed by atoms with van der Waals surface area (Å²) in [6, 6.07) is 3.27. The number of carbonyl (C=O) groups is 2. The molecule has 1 aliphatic heterocycles. The van der Waals surface area contributed by atoms with Crippen LogP contribution in [0.5, 0.6) is 0 Å². The van der Waals surface area contributed by atoms with Crippen LogP contribution in [0.4, 0.5) is 0 Å². The van der Waals surface area contributed by atoms with E-state index in [2.05, 4.69) is 22.9 Å².